The van der Waals surface area contributed by atoms with Gasteiger partial charge >= 0.3 is 0 Å². The molecule has 3 rings (SSSR count). The molecule has 0 radical (unpaired) electrons. The van der Waals surface area contributed by atoms with Crippen LogP contribution in [0.4, 0.5) is 5.69 Å². The van der Waals surface area contributed by atoms with Gasteiger partial charge in [0.1, 0.15) is 6.54 Å². The molecule has 122 valence electrons. The van der Waals surface area contributed by atoms with Crippen LogP contribution in [0.2, 0.25) is 0 Å². The average molecular weight is 386 g/mol. The van der Waals surface area contributed by atoms with Crippen molar-refractivity contribution >= 4 is 27.5 Å². The molecule has 2 aromatic carbocycles. The number of carbonyl (C=O) groups excluding carboxylic acids is 1. The number of amides is 1. The number of para-hydroxylation sites is 1. The third-order valence-electron chi connectivity index (χ3n) is 3.59. The molecule has 1 heterocycles. The highest BCUT2D eigenvalue weighted by molar-refractivity contribution is 9.10. The number of tetrazole rings is 1. The zero-order chi connectivity index (χ0) is 17.1. The number of anilines is 1. The quantitative estimate of drug-likeness (QED) is 0.747. The molecular formula is C17H16BrN5O. The summed E-state index contributed by atoms with van der Waals surface area (Å²) in [7, 11) is 0. The number of nitrogens with zero attached hydrogens (tertiary/aromatic N) is 4. The molecule has 1 N–H and O–H groups in total. The van der Waals surface area contributed by atoms with Crippen LogP contribution in [0.15, 0.2) is 46.9 Å². The van der Waals surface area contributed by atoms with Crippen LogP contribution >= 0.6 is 15.9 Å². The Kier molecular flexibility index (Phi) is 4.71. The summed E-state index contributed by atoms with van der Waals surface area (Å²) >= 11 is 3.38. The lowest BCUT2D eigenvalue weighted by molar-refractivity contribution is -0.117. The summed E-state index contributed by atoms with van der Waals surface area (Å²) in [5.74, 6) is 0.300. The van der Waals surface area contributed by atoms with E-state index in [1.807, 2.05) is 56.3 Å². The Balaban J connectivity index is 1.70. The minimum atomic E-state index is -0.188. The van der Waals surface area contributed by atoms with Crippen molar-refractivity contribution < 1.29 is 4.79 Å². The fourth-order valence-electron chi connectivity index (χ4n) is 2.34. The van der Waals surface area contributed by atoms with Gasteiger partial charge in [-0.05, 0) is 54.5 Å². The molecule has 0 saturated heterocycles. The van der Waals surface area contributed by atoms with Gasteiger partial charge in [0.05, 0.1) is 0 Å². The van der Waals surface area contributed by atoms with Crippen molar-refractivity contribution in [3.63, 3.8) is 0 Å². The Morgan fingerprint density at radius 2 is 1.79 bits per heavy atom. The van der Waals surface area contributed by atoms with Gasteiger partial charge in [-0.25, -0.2) is 0 Å². The maximum Gasteiger partial charge on any atom is 0.248 e. The van der Waals surface area contributed by atoms with E-state index < -0.39 is 0 Å². The summed E-state index contributed by atoms with van der Waals surface area (Å²) in [5.41, 5.74) is 3.71. The number of rotatable bonds is 4. The molecule has 1 amide bonds. The van der Waals surface area contributed by atoms with Crippen LogP contribution in [0.25, 0.3) is 11.4 Å². The van der Waals surface area contributed by atoms with Crippen LogP contribution in [0, 0.1) is 13.8 Å². The molecule has 7 heteroatoms. The van der Waals surface area contributed by atoms with Gasteiger partial charge in [0.2, 0.25) is 11.7 Å². The van der Waals surface area contributed by atoms with E-state index in [1.165, 1.54) is 4.80 Å². The van der Waals surface area contributed by atoms with Gasteiger partial charge in [-0.3, -0.25) is 4.79 Å². The molecule has 0 aliphatic rings. The van der Waals surface area contributed by atoms with Crippen LogP contribution in [0.3, 0.4) is 0 Å². The van der Waals surface area contributed by atoms with Crippen LogP contribution in [0.1, 0.15) is 11.1 Å². The number of aryl methyl sites for hydroxylation is 2. The van der Waals surface area contributed by atoms with Crippen molar-refractivity contribution in [2.45, 2.75) is 20.4 Å². The zero-order valence-corrected chi connectivity index (χ0v) is 14.9. The largest absolute Gasteiger partial charge is 0.324 e. The Labute approximate surface area is 148 Å². The predicted octanol–water partition coefficient (Wildman–Crippen LogP) is 3.36. The van der Waals surface area contributed by atoms with Crippen molar-refractivity contribution in [1.82, 2.24) is 20.2 Å². The predicted molar refractivity (Wildman–Crippen MR) is 95.5 cm³/mol. The summed E-state index contributed by atoms with van der Waals surface area (Å²) < 4.78 is 0.978. The molecule has 0 fully saturated rings. The second kappa shape index (κ2) is 6.92. The standard InChI is InChI=1S/C17H16BrN5O/c1-11-4-3-5-12(2)16(11)19-15(24)10-23-21-17(20-22-23)13-6-8-14(18)9-7-13/h3-9H,10H2,1-2H3,(H,19,24). The number of hydrogen-bond donors (Lipinski definition) is 1. The number of halogens is 1. The van der Waals surface area contributed by atoms with Gasteiger partial charge in [0, 0.05) is 15.7 Å². The highest BCUT2D eigenvalue weighted by atomic mass is 79.9. The van der Waals surface area contributed by atoms with Crippen molar-refractivity contribution in [1.29, 1.82) is 0 Å². The Morgan fingerprint density at radius 1 is 1.12 bits per heavy atom. The van der Waals surface area contributed by atoms with Crippen LogP contribution in [-0.2, 0) is 11.3 Å². The highest BCUT2D eigenvalue weighted by Crippen LogP contribution is 2.20. The molecule has 0 saturated carbocycles. The smallest absolute Gasteiger partial charge is 0.248 e. The zero-order valence-electron chi connectivity index (χ0n) is 13.3. The molecule has 0 atom stereocenters. The fraction of sp³-hybridized carbons (Fsp3) is 0.176. The maximum absolute atomic E-state index is 12.2. The Bertz CT molecular complexity index is 853. The lowest BCUT2D eigenvalue weighted by Gasteiger charge is -2.10. The van der Waals surface area contributed by atoms with Crippen molar-refractivity contribution in [3.05, 3.63) is 58.1 Å². The topological polar surface area (TPSA) is 72.7 Å². The molecule has 0 spiro atoms. The molecule has 0 aliphatic carbocycles. The molecule has 6 nitrogen and oxygen atoms in total. The number of hydrogen-bond acceptors (Lipinski definition) is 4. The van der Waals surface area contributed by atoms with Gasteiger partial charge in [-0.1, -0.05) is 34.1 Å². The van der Waals surface area contributed by atoms with E-state index in [1.54, 1.807) is 0 Å². The summed E-state index contributed by atoms with van der Waals surface area (Å²) in [4.78, 5) is 13.5. The number of aromatic nitrogens is 4. The van der Waals surface area contributed by atoms with Crippen LogP contribution < -0.4 is 5.32 Å². The molecule has 3 aromatic rings. The molecule has 0 unspecified atom stereocenters. The second-order valence-corrected chi connectivity index (χ2v) is 6.38. The number of carbonyl (C=O) groups is 1. The molecule has 0 aliphatic heterocycles. The molecule has 24 heavy (non-hydrogen) atoms. The van der Waals surface area contributed by atoms with E-state index in [2.05, 4.69) is 36.7 Å². The van der Waals surface area contributed by atoms with Gasteiger partial charge in [-0.15, -0.1) is 10.2 Å². The van der Waals surface area contributed by atoms with Crippen LogP contribution in [-0.4, -0.2) is 26.1 Å². The van der Waals surface area contributed by atoms with E-state index in [0.29, 0.717) is 5.82 Å². The van der Waals surface area contributed by atoms with E-state index in [9.17, 15) is 4.79 Å². The SMILES string of the molecule is Cc1cccc(C)c1NC(=O)Cn1nnc(-c2ccc(Br)cc2)n1. The first-order valence-corrected chi connectivity index (χ1v) is 8.22. The van der Waals surface area contributed by atoms with Crippen LogP contribution in [0.5, 0.6) is 0 Å². The Morgan fingerprint density at radius 3 is 2.46 bits per heavy atom. The number of nitrogens with one attached hydrogen (secondary N) is 1. The van der Waals surface area contributed by atoms with E-state index in [-0.39, 0.29) is 12.5 Å². The third kappa shape index (κ3) is 3.68. The second-order valence-electron chi connectivity index (χ2n) is 5.47. The summed E-state index contributed by atoms with van der Waals surface area (Å²) in [6.45, 7) is 3.93. The van der Waals surface area contributed by atoms with E-state index >= 15 is 0 Å². The van der Waals surface area contributed by atoms with Gasteiger partial charge < -0.3 is 5.32 Å². The van der Waals surface area contributed by atoms with Crippen molar-refractivity contribution in [2.24, 2.45) is 0 Å². The maximum atomic E-state index is 12.2. The highest BCUT2D eigenvalue weighted by Gasteiger charge is 2.11. The summed E-state index contributed by atoms with van der Waals surface area (Å²) in [6.07, 6.45) is 0. The van der Waals surface area contributed by atoms with Crippen molar-refractivity contribution in [2.75, 3.05) is 5.32 Å². The minimum Gasteiger partial charge on any atom is -0.324 e. The van der Waals surface area contributed by atoms with E-state index in [4.69, 9.17) is 0 Å². The Hall–Kier alpha value is -2.54. The third-order valence-corrected chi connectivity index (χ3v) is 4.11. The molecule has 0 bridgehead atoms. The monoisotopic (exact) mass is 385 g/mol. The number of benzene rings is 2. The average Bonchev–Trinajstić information content (AvgIpc) is 3.00. The summed E-state index contributed by atoms with van der Waals surface area (Å²) in [6, 6.07) is 13.5. The van der Waals surface area contributed by atoms with Gasteiger partial charge in [-0.2, -0.15) is 4.80 Å². The van der Waals surface area contributed by atoms with E-state index in [0.717, 1.165) is 26.9 Å². The van der Waals surface area contributed by atoms with Gasteiger partial charge in [0.15, 0.2) is 0 Å². The fourth-order valence-corrected chi connectivity index (χ4v) is 2.61. The minimum absolute atomic E-state index is 0.0112. The van der Waals surface area contributed by atoms with Gasteiger partial charge in [0.25, 0.3) is 0 Å². The first-order chi connectivity index (χ1) is 11.5. The first kappa shape index (κ1) is 16.3. The molecule has 1 aromatic heterocycles. The first-order valence-electron chi connectivity index (χ1n) is 7.43. The van der Waals surface area contributed by atoms with Crippen molar-refractivity contribution in [3.8, 4) is 11.4 Å². The summed E-state index contributed by atoms with van der Waals surface area (Å²) in [5, 5.41) is 15.1. The molecular weight excluding hydrogens is 370 g/mol. The lowest BCUT2D eigenvalue weighted by atomic mass is 10.1. The normalized spacial score (nSPS) is 10.6. The lowest BCUT2D eigenvalue weighted by Crippen LogP contribution is -2.21.